The van der Waals surface area contributed by atoms with Crippen molar-refractivity contribution in [3.63, 3.8) is 0 Å². The highest BCUT2D eigenvalue weighted by Crippen LogP contribution is 2.51. The van der Waals surface area contributed by atoms with Crippen molar-refractivity contribution < 1.29 is 0 Å². The summed E-state index contributed by atoms with van der Waals surface area (Å²) in [5.74, 6) is 1.41. The van der Waals surface area contributed by atoms with E-state index in [1.165, 1.54) is 261 Å². The van der Waals surface area contributed by atoms with Gasteiger partial charge in [-0.25, -0.2) is 0 Å². The van der Waals surface area contributed by atoms with Crippen LogP contribution in [0.4, 0.5) is 0 Å². The lowest BCUT2D eigenvalue weighted by Gasteiger charge is -2.27. The van der Waals surface area contributed by atoms with Crippen molar-refractivity contribution in [1.82, 2.24) is 0 Å². The molecule has 0 radical (unpaired) electrons. The first-order chi connectivity index (χ1) is 57.8. The first-order valence-electron chi connectivity index (χ1n) is 44.6. The number of hydrogen-bond donors (Lipinski definition) is 0. The Labute approximate surface area is 713 Å². The quantitative estimate of drug-likeness (QED) is 0.133. The molecule has 18 aromatic carbocycles. The van der Waals surface area contributed by atoms with Gasteiger partial charge < -0.3 is 0 Å². The average molecular weight is 1560 g/mol. The molecular weight excluding hydrogens is 1440 g/mol. The van der Waals surface area contributed by atoms with Crippen LogP contribution in [0.15, 0.2) is 315 Å². The van der Waals surface area contributed by atoms with Gasteiger partial charge in [0.1, 0.15) is 0 Å². The molecule has 0 aliphatic heterocycles. The normalized spacial score (nSPS) is 14.0. The van der Waals surface area contributed by atoms with Crippen LogP contribution in [0.3, 0.4) is 0 Å². The van der Waals surface area contributed by atoms with Crippen LogP contribution in [0.2, 0.25) is 0 Å². The van der Waals surface area contributed by atoms with Crippen molar-refractivity contribution in [2.75, 3.05) is 0 Å². The van der Waals surface area contributed by atoms with E-state index in [1.54, 1.807) is 11.1 Å². The van der Waals surface area contributed by atoms with Gasteiger partial charge in [-0.05, 0) is 294 Å². The number of hydrogen-bond acceptors (Lipinski definition) is 0. The van der Waals surface area contributed by atoms with E-state index in [1.807, 2.05) is 0 Å². The van der Waals surface area contributed by atoms with Gasteiger partial charge in [0.25, 0.3) is 0 Å². The summed E-state index contributed by atoms with van der Waals surface area (Å²) >= 11 is 0. The number of benzene rings is 18. The van der Waals surface area contributed by atoms with Crippen molar-refractivity contribution in [2.45, 2.75) is 195 Å². The fourth-order valence-electron chi connectivity index (χ4n) is 20.1. The van der Waals surface area contributed by atoms with E-state index in [0.29, 0.717) is 11.8 Å². The topological polar surface area (TPSA) is 0 Å². The summed E-state index contributed by atoms with van der Waals surface area (Å²) in [7, 11) is 0. The highest BCUT2D eigenvalue weighted by Gasteiger charge is 2.28. The van der Waals surface area contributed by atoms with Crippen LogP contribution in [-0.2, 0) is 21.7 Å². The van der Waals surface area contributed by atoms with Gasteiger partial charge in [0.15, 0.2) is 0 Å². The Bertz CT molecular complexity index is 6840. The molecule has 2 fully saturated rings. The maximum absolute atomic E-state index is 2.63. The van der Waals surface area contributed by atoms with Crippen LogP contribution in [0, 0.1) is 13.8 Å². The molecule has 0 bridgehead atoms. The highest BCUT2D eigenvalue weighted by molar-refractivity contribution is 6.25. The van der Waals surface area contributed by atoms with E-state index < -0.39 is 0 Å². The smallest absolute Gasteiger partial charge is 0.00260 e. The summed E-state index contributed by atoms with van der Waals surface area (Å²) in [6, 6.07) is 120. The van der Waals surface area contributed by atoms with E-state index in [4.69, 9.17) is 0 Å². The highest BCUT2D eigenvalue weighted by atomic mass is 14.3. The van der Waals surface area contributed by atoms with E-state index in [0.717, 1.165) is 0 Å². The van der Waals surface area contributed by atoms with Crippen molar-refractivity contribution in [1.29, 1.82) is 0 Å². The maximum atomic E-state index is 2.63. The molecule has 120 heavy (non-hydrogen) atoms. The van der Waals surface area contributed by atoms with Crippen molar-refractivity contribution in [3.8, 4) is 66.8 Å². The molecule has 0 spiro atoms. The molecule has 2 aliphatic carbocycles. The molecule has 0 atom stereocenters. The lowest BCUT2D eigenvalue weighted by molar-refractivity contribution is 0.435. The predicted octanol–water partition coefficient (Wildman–Crippen LogP) is 35.3. The summed E-state index contributed by atoms with van der Waals surface area (Å²) in [5, 5.41) is 23.7. The van der Waals surface area contributed by atoms with E-state index >= 15 is 0 Å². The van der Waals surface area contributed by atoms with E-state index in [2.05, 4.69) is 412 Å². The Hall–Kier alpha value is -11.7. The van der Waals surface area contributed by atoms with Crippen molar-refractivity contribution in [2.24, 2.45) is 0 Å². The zero-order valence-corrected chi connectivity index (χ0v) is 73.2. The van der Waals surface area contributed by atoms with Crippen LogP contribution in [0.25, 0.3) is 164 Å². The standard InChI is InChI=1S/C43H42.C42H44.C35H30/c1-29-20-21-33-25-34(23-22-32(33)24-29)42-38-16-8-10-18-40(38)43(41-19-11-9-17-39(41)42)37-27-35(30-12-4-2-5-13-30)26-36(28-37)31-14-6-3-7-15-31;1-40(2,3)31-19-16-27(17-20-31)38-34-12-10-11-13-35(34)39(37-26-33(42(7,8)9)22-23-36(37)38)30-15-14-29-25-32(41(4,5)6)21-18-28(29)24-30;1-23-14-19-31-32(20-23)34(27-16-15-26-22-28(35(2,3)4)18-17-25(26)21-27)30-13-9-8-12-29(30)33(31)24-10-6-5-7-11-24/h8-11,16-28,30-31H,2-7,12-15H2,1H3;10-26H,1-9H3;5-22H,1-4H3. The van der Waals surface area contributed by atoms with Gasteiger partial charge >= 0.3 is 0 Å². The van der Waals surface area contributed by atoms with Crippen molar-refractivity contribution >= 4 is 97.0 Å². The lowest BCUT2D eigenvalue weighted by atomic mass is 9.77. The number of fused-ring (bicyclic) bond motifs is 9. The molecule has 2 saturated carbocycles. The van der Waals surface area contributed by atoms with Crippen molar-refractivity contribution in [3.05, 3.63) is 360 Å². The second-order valence-corrected chi connectivity index (χ2v) is 39.4. The van der Waals surface area contributed by atoms with Crippen LogP contribution in [0.1, 0.15) is 204 Å². The van der Waals surface area contributed by atoms with E-state index in [-0.39, 0.29) is 21.7 Å². The van der Waals surface area contributed by atoms with Crippen LogP contribution >= 0.6 is 0 Å². The molecule has 20 rings (SSSR count). The molecule has 0 N–H and O–H groups in total. The Balaban J connectivity index is 0.000000124. The summed E-state index contributed by atoms with van der Waals surface area (Å²) < 4.78 is 0. The summed E-state index contributed by atoms with van der Waals surface area (Å²) in [6.45, 7) is 31.8. The first kappa shape index (κ1) is 79.4. The Morgan fingerprint density at radius 1 is 0.183 bits per heavy atom. The Morgan fingerprint density at radius 3 is 0.858 bits per heavy atom. The summed E-state index contributed by atoms with van der Waals surface area (Å²) in [6.07, 6.45) is 13.7. The van der Waals surface area contributed by atoms with Gasteiger partial charge in [0.05, 0.1) is 0 Å². The Kier molecular flexibility index (Phi) is 21.3. The third kappa shape index (κ3) is 15.7. The average Bonchev–Trinajstić information content (AvgIpc) is 0.738. The van der Waals surface area contributed by atoms with Crippen LogP contribution in [-0.4, -0.2) is 0 Å². The van der Waals surface area contributed by atoms with Gasteiger partial charge in [0.2, 0.25) is 0 Å². The van der Waals surface area contributed by atoms with Gasteiger partial charge in [0, 0.05) is 0 Å². The second kappa shape index (κ2) is 32.1. The zero-order valence-electron chi connectivity index (χ0n) is 73.2. The molecule has 0 nitrogen and oxygen atoms in total. The molecule has 0 unspecified atom stereocenters. The van der Waals surface area contributed by atoms with Gasteiger partial charge in [-0.2, -0.15) is 0 Å². The minimum Gasteiger partial charge on any atom is -0.0622 e. The molecule has 0 amide bonds. The van der Waals surface area contributed by atoms with E-state index in [9.17, 15) is 0 Å². The minimum absolute atomic E-state index is 0.0539. The third-order valence-corrected chi connectivity index (χ3v) is 26.8. The summed E-state index contributed by atoms with van der Waals surface area (Å²) in [5.41, 5.74) is 27.5. The molecule has 0 saturated heterocycles. The fraction of sp³-hybridized carbons (Fsp3) is 0.250. The number of rotatable bonds is 8. The van der Waals surface area contributed by atoms with Crippen LogP contribution < -0.4 is 0 Å². The van der Waals surface area contributed by atoms with Crippen LogP contribution in [0.5, 0.6) is 0 Å². The number of aryl methyl sites for hydroxylation is 2. The van der Waals surface area contributed by atoms with Gasteiger partial charge in [-0.15, -0.1) is 0 Å². The molecular formula is C120H116. The molecule has 596 valence electrons. The largest absolute Gasteiger partial charge is 0.0622 e. The first-order valence-corrected chi connectivity index (χ1v) is 44.6. The monoisotopic (exact) mass is 1560 g/mol. The lowest BCUT2D eigenvalue weighted by Crippen LogP contribution is -2.11. The summed E-state index contributed by atoms with van der Waals surface area (Å²) in [4.78, 5) is 0. The predicted molar refractivity (Wildman–Crippen MR) is 525 cm³/mol. The zero-order chi connectivity index (χ0) is 82.9. The second-order valence-electron chi connectivity index (χ2n) is 39.4. The fourth-order valence-corrected chi connectivity index (χ4v) is 20.1. The maximum Gasteiger partial charge on any atom is -0.00260 e. The SMILES string of the molecule is CC(C)(C)c1ccc(-c2c3ccccc3c(-c3ccc4cc(C(C)(C)C)ccc4c3)c3cc(C(C)(C)C)ccc23)cc1.Cc1ccc2c(-c3ccccc3)c3ccccc3c(-c3ccc4cc(C(C)(C)C)ccc4c3)c2c1.Cc1ccc2cc(-c3c4ccccc4c(-c4cc(C5CCCCC5)cc(C5CCCCC5)c4)c4ccccc34)ccc2c1. The molecule has 2 aliphatic rings. The molecule has 0 aromatic heterocycles. The molecule has 0 heterocycles. The Morgan fingerprint density at radius 2 is 0.450 bits per heavy atom. The minimum atomic E-state index is 0.0539. The molecule has 18 aromatic rings. The third-order valence-electron chi connectivity index (χ3n) is 26.8. The van der Waals surface area contributed by atoms with Gasteiger partial charge in [-0.1, -0.05) is 424 Å². The molecule has 0 heteroatoms. The van der Waals surface area contributed by atoms with Gasteiger partial charge in [-0.3, -0.25) is 0 Å².